The Morgan fingerprint density at radius 3 is 2.45 bits per heavy atom. The van der Waals surface area contributed by atoms with Crippen LogP contribution in [0.1, 0.15) is 23.9 Å². The van der Waals surface area contributed by atoms with Crippen molar-refractivity contribution in [2.45, 2.75) is 32.7 Å². The molecule has 1 rings (SSSR count). The predicted molar refractivity (Wildman–Crippen MR) is 72.1 cm³/mol. The highest BCUT2D eigenvalue weighted by Gasteiger charge is 2.23. The highest BCUT2D eigenvalue weighted by molar-refractivity contribution is 7.15. The molecule has 0 aliphatic heterocycles. The third-order valence-corrected chi connectivity index (χ3v) is 3.36. The minimum Gasteiger partial charge on any atom is -0.481 e. The molecule has 4 N–H and O–H groups in total. The molecule has 0 aliphatic rings. The smallest absolute Gasteiger partial charge is 0.326 e. The number of nitrogens with one attached hydrogen (secondary N) is 2. The molecule has 2 amide bonds. The maximum atomic E-state index is 11.6. The van der Waals surface area contributed by atoms with E-state index >= 15 is 0 Å². The van der Waals surface area contributed by atoms with Crippen LogP contribution < -0.4 is 10.6 Å². The first kappa shape index (κ1) is 15.9. The fourth-order valence-corrected chi connectivity index (χ4v) is 2.37. The molecule has 0 aliphatic carbocycles. The quantitative estimate of drug-likeness (QED) is 0.622. The van der Waals surface area contributed by atoms with Crippen molar-refractivity contribution < 1.29 is 24.6 Å². The number of rotatable bonds is 6. The van der Waals surface area contributed by atoms with Gasteiger partial charge >= 0.3 is 18.0 Å². The number of carbonyl (C=O) groups is 3. The third-order valence-electron chi connectivity index (χ3n) is 2.43. The molecule has 9 heteroatoms. The number of thiazole rings is 1. The molecule has 0 fully saturated rings. The number of urea groups is 1. The molecule has 1 aromatic rings. The fourth-order valence-electron chi connectivity index (χ4n) is 1.48. The second kappa shape index (κ2) is 6.85. The van der Waals surface area contributed by atoms with E-state index in [0.717, 1.165) is 17.0 Å². The van der Waals surface area contributed by atoms with Crippen LogP contribution in [-0.2, 0) is 16.0 Å². The highest BCUT2D eigenvalue weighted by Crippen LogP contribution is 2.22. The van der Waals surface area contributed by atoms with Gasteiger partial charge in [-0.15, -0.1) is 11.3 Å². The van der Waals surface area contributed by atoms with E-state index in [0.29, 0.717) is 5.13 Å². The second-order valence-electron chi connectivity index (χ2n) is 3.96. The van der Waals surface area contributed by atoms with Gasteiger partial charge in [0.15, 0.2) is 5.13 Å². The van der Waals surface area contributed by atoms with Gasteiger partial charge in [0, 0.05) is 4.88 Å². The van der Waals surface area contributed by atoms with E-state index in [1.54, 1.807) is 0 Å². The average molecular weight is 301 g/mol. The standard InChI is InChI=1S/C11H15N3O5S/c1-3-6-5(2)20-11(13-6)14-10(19)12-7(9(17)18)4-8(15)16/h7H,3-4H2,1-2H3,(H,15,16)(H,17,18)(H2,12,13,14,19)/t7-/m1/s1. The van der Waals surface area contributed by atoms with E-state index in [-0.39, 0.29) is 0 Å². The minimum atomic E-state index is -1.49. The Morgan fingerprint density at radius 2 is 2.00 bits per heavy atom. The van der Waals surface area contributed by atoms with Crippen LogP contribution in [0.5, 0.6) is 0 Å². The molecule has 0 saturated heterocycles. The van der Waals surface area contributed by atoms with Crippen LogP contribution in [0.25, 0.3) is 0 Å². The third kappa shape index (κ3) is 4.50. The molecule has 0 saturated carbocycles. The summed E-state index contributed by atoms with van der Waals surface area (Å²) in [5.41, 5.74) is 0.852. The number of carboxylic acids is 2. The van der Waals surface area contributed by atoms with Crippen molar-refractivity contribution in [3.8, 4) is 0 Å². The summed E-state index contributed by atoms with van der Waals surface area (Å²) in [6, 6.07) is -2.28. The van der Waals surface area contributed by atoms with Crippen molar-refractivity contribution in [3.05, 3.63) is 10.6 Å². The Hall–Kier alpha value is -2.16. The van der Waals surface area contributed by atoms with Gasteiger partial charge in [-0.25, -0.2) is 14.6 Å². The monoisotopic (exact) mass is 301 g/mol. The summed E-state index contributed by atoms with van der Waals surface area (Å²) in [4.78, 5) is 38.0. The summed E-state index contributed by atoms with van der Waals surface area (Å²) < 4.78 is 0. The van der Waals surface area contributed by atoms with Crippen LogP contribution in [0.15, 0.2) is 0 Å². The lowest BCUT2D eigenvalue weighted by atomic mass is 10.2. The van der Waals surface area contributed by atoms with E-state index in [2.05, 4.69) is 15.6 Å². The SMILES string of the molecule is CCc1nc(NC(=O)N[C@H](CC(=O)O)C(=O)O)sc1C. The van der Waals surface area contributed by atoms with Gasteiger partial charge in [0.25, 0.3) is 0 Å². The van der Waals surface area contributed by atoms with Gasteiger partial charge in [-0.2, -0.15) is 0 Å². The summed E-state index contributed by atoms with van der Waals surface area (Å²) in [6.07, 6.45) is 0.0300. The van der Waals surface area contributed by atoms with Gasteiger partial charge in [-0.3, -0.25) is 10.1 Å². The Bertz CT molecular complexity index is 528. The van der Waals surface area contributed by atoms with Crippen molar-refractivity contribution in [2.75, 3.05) is 5.32 Å². The zero-order valence-corrected chi connectivity index (χ0v) is 11.8. The van der Waals surface area contributed by atoms with E-state index in [1.807, 2.05) is 13.8 Å². The maximum Gasteiger partial charge on any atom is 0.326 e. The first-order valence-corrected chi connectivity index (χ1v) is 6.63. The Kier molecular flexibility index (Phi) is 5.44. The number of nitrogens with zero attached hydrogens (tertiary/aromatic N) is 1. The highest BCUT2D eigenvalue weighted by atomic mass is 32.1. The van der Waals surface area contributed by atoms with Crippen LogP contribution in [-0.4, -0.2) is 39.2 Å². The number of amides is 2. The summed E-state index contributed by atoms with van der Waals surface area (Å²) in [5, 5.41) is 22.2. The van der Waals surface area contributed by atoms with Gasteiger partial charge in [-0.1, -0.05) is 6.92 Å². The molecule has 20 heavy (non-hydrogen) atoms. The Morgan fingerprint density at radius 1 is 1.35 bits per heavy atom. The summed E-state index contributed by atoms with van der Waals surface area (Å²) in [5.74, 6) is -2.72. The van der Waals surface area contributed by atoms with Crippen LogP contribution in [0.4, 0.5) is 9.93 Å². The van der Waals surface area contributed by atoms with Gasteiger partial charge in [0.1, 0.15) is 6.04 Å². The van der Waals surface area contributed by atoms with Gasteiger partial charge in [-0.05, 0) is 13.3 Å². The fraction of sp³-hybridized carbons (Fsp3) is 0.455. The van der Waals surface area contributed by atoms with E-state index < -0.39 is 30.4 Å². The molecule has 0 aromatic carbocycles. The molecule has 8 nitrogen and oxygen atoms in total. The zero-order valence-electron chi connectivity index (χ0n) is 11.0. The van der Waals surface area contributed by atoms with Gasteiger partial charge < -0.3 is 15.5 Å². The average Bonchev–Trinajstić information content (AvgIpc) is 2.67. The topological polar surface area (TPSA) is 129 Å². The largest absolute Gasteiger partial charge is 0.481 e. The zero-order chi connectivity index (χ0) is 15.3. The molecular formula is C11H15N3O5S. The van der Waals surface area contributed by atoms with Gasteiger partial charge in [0.05, 0.1) is 12.1 Å². The number of aryl methyl sites for hydroxylation is 2. The number of aliphatic carboxylic acids is 2. The van der Waals surface area contributed by atoms with Crippen LogP contribution >= 0.6 is 11.3 Å². The van der Waals surface area contributed by atoms with Crippen molar-refractivity contribution in [1.82, 2.24) is 10.3 Å². The van der Waals surface area contributed by atoms with Crippen molar-refractivity contribution in [1.29, 1.82) is 0 Å². The number of carboxylic acid groups (broad SMARTS) is 2. The molecule has 1 atom stereocenters. The normalized spacial score (nSPS) is 11.7. The number of anilines is 1. The number of hydrogen-bond acceptors (Lipinski definition) is 5. The molecule has 0 bridgehead atoms. The molecule has 1 aromatic heterocycles. The van der Waals surface area contributed by atoms with Crippen LogP contribution in [0.2, 0.25) is 0 Å². The lowest BCUT2D eigenvalue weighted by Gasteiger charge is -2.12. The maximum absolute atomic E-state index is 11.6. The van der Waals surface area contributed by atoms with E-state index in [1.165, 1.54) is 11.3 Å². The Balaban J connectivity index is 2.65. The summed E-state index contributed by atoms with van der Waals surface area (Å²) in [7, 11) is 0. The molecular weight excluding hydrogens is 286 g/mol. The van der Waals surface area contributed by atoms with E-state index in [9.17, 15) is 14.4 Å². The molecule has 0 spiro atoms. The molecule has 110 valence electrons. The lowest BCUT2D eigenvalue weighted by Crippen LogP contribution is -2.44. The lowest BCUT2D eigenvalue weighted by molar-refractivity contribution is -0.145. The first-order valence-electron chi connectivity index (χ1n) is 5.81. The first-order chi connectivity index (χ1) is 9.33. The van der Waals surface area contributed by atoms with Crippen LogP contribution in [0, 0.1) is 6.92 Å². The molecule has 1 heterocycles. The summed E-state index contributed by atoms with van der Waals surface area (Å²) in [6.45, 7) is 3.79. The van der Waals surface area contributed by atoms with Crippen LogP contribution in [0.3, 0.4) is 0 Å². The van der Waals surface area contributed by atoms with Crippen molar-refractivity contribution in [3.63, 3.8) is 0 Å². The number of hydrogen-bond donors (Lipinski definition) is 4. The minimum absolute atomic E-state index is 0.344. The molecule has 0 radical (unpaired) electrons. The van der Waals surface area contributed by atoms with Crippen molar-refractivity contribution >= 4 is 34.4 Å². The molecule has 0 unspecified atom stereocenters. The van der Waals surface area contributed by atoms with E-state index in [4.69, 9.17) is 10.2 Å². The number of carbonyl (C=O) groups excluding carboxylic acids is 1. The Labute approximate surface area is 118 Å². The predicted octanol–water partition coefficient (Wildman–Crippen LogP) is 1.06. The number of aromatic nitrogens is 1. The van der Waals surface area contributed by atoms with Gasteiger partial charge in [0.2, 0.25) is 0 Å². The van der Waals surface area contributed by atoms with Crippen molar-refractivity contribution in [2.24, 2.45) is 0 Å². The second-order valence-corrected chi connectivity index (χ2v) is 5.17. The summed E-state index contributed by atoms with van der Waals surface area (Å²) >= 11 is 1.27.